The Hall–Kier alpha value is -2.24. The Kier molecular flexibility index (Phi) is 3.66. The molecular formula is C12H12FN3O2. The van der Waals surface area contributed by atoms with Gasteiger partial charge < -0.3 is 4.74 Å². The molecule has 1 heterocycles. The number of benzene rings is 1. The number of carbonyl (C=O) groups is 1. The molecule has 5 nitrogen and oxygen atoms in total. The highest BCUT2D eigenvalue weighted by Crippen LogP contribution is 2.14. The summed E-state index contributed by atoms with van der Waals surface area (Å²) in [7, 11) is 0. The van der Waals surface area contributed by atoms with Crippen LogP contribution in [0.15, 0.2) is 24.3 Å². The van der Waals surface area contributed by atoms with Crippen molar-refractivity contribution in [3.05, 3.63) is 35.9 Å². The molecule has 6 heteroatoms. The van der Waals surface area contributed by atoms with Gasteiger partial charge in [0.1, 0.15) is 12.2 Å². The smallest absolute Gasteiger partial charge is 0.313 e. The van der Waals surface area contributed by atoms with Crippen LogP contribution >= 0.6 is 0 Å². The minimum absolute atomic E-state index is 0.0194. The Morgan fingerprint density at radius 1 is 1.39 bits per heavy atom. The molecule has 1 N–H and O–H groups in total. The Morgan fingerprint density at radius 3 is 2.78 bits per heavy atom. The van der Waals surface area contributed by atoms with Crippen LogP contribution in [0.5, 0.6) is 0 Å². The molecule has 0 aliphatic heterocycles. The largest absolute Gasteiger partial charge is 0.466 e. The van der Waals surface area contributed by atoms with E-state index in [1.54, 1.807) is 19.1 Å². The lowest BCUT2D eigenvalue weighted by Crippen LogP contribution is -2.08. The van der Waals surface area contributed by atoms with Gasteiger partial charge in [0, 0.05) is 5.56 Å². The Balaban J connectivity index is 2.10. The maximum absolute atomic E-state index is 12.8. The predicted molar refractivity (Wildman–Crippen MR) is 62.1 cm³/mol. The van der Waals surface area contributed by atoms with Crippen LogP contribution in [-0.2, 0) is 16.0 Å². The molecule has 0 spiro atoms. The fourth-order valence-corrected chi connectivity index (χ4v) is 1.45. The number of H-pyrrole nitrogens is 1. The van der Waals surface area contributed by atoms with Crippen molar-refractivity contribution in [3.8, 4) is 11.4 Å². The second-order valence-electron chi connectivity index (χ2n) is 3.59. The number of nitrogens with one attached hydrogen (secondary N) is 1. The van der Waals surface area contributed by atoms with Gasteiger partial charge in [-0.15, -0.1) is 0 Å². The first-order chi connectivity index (χ1) is 8.69. The first-order valence-corrected chi connectivity index (χ1v) is 5.52. The number of rotatable bonds is 4. The molecule has 1 aromatic carbocycles. The molecule has 0 unspecified atom stereocenters. The predicted octanol–water partition coefficient (Wildman–Crippen LogP) is 1.72. The maximum atomic E-state index is 12.8. The first-order valence-electron chi connectivity index (χ1n) is 5.52. The molecule has 0 amide bonds. The molecule has 0 saturated heterocycles. The third kappa shape index (κ3) is 2.91. The van der Waals surface area contributed by atoms with Gasteiger partial charge in [-0.2, -0.15) is 5.10 Å². The van der Waals surface area contributed by atoms with E-state index in [0.29, 0.717) is 23.8 Å². The van der Waals surface area contributed by atoms with Crippen LogP contribution in [0.25, 0.3) is 11.4 Å². The molecule has 0 aliphatic rings. The summed E-state index contributed by atoms with van der Waals surface area (Å²) >= 11 is 0. The van der Waals surface area contributed by atoms with Crippen LogP contribution in [0.4, 0.5) is 4.39 Å². The summed E-state index contributed by atoms with van der Waals surface area (Å²) in [6.45, 7) is 2.06. The van der Waals surface area contributed by atoms with Crippen molar-refractivity contribution in [3.63, 3.8) is 0 Å². The van der Waals surface area contributed by atoms with E-state index in [1.807, 2.05) is 0 Å². The molecule has 18 heavy (non-hydrogen) atoms. The van der Waals surface area contributed by atoms with Crippen molar-refractivity contribution in [2.24, 2.45) is 0 Å². The molecule has 2 aromatic rings. The Morgan fingerprint density at radius 2 is 2.11 bits per heavy atom. The Labute approximate surface area is 103 Å². The lowest BCUT2D eigenvalue weighted by molar-refractivity contribution is -0.142. The van der Waals surface area contributed by atoms with Gasteiger partial charge in [0.2, 0.25) is 0 Å². The summed E-state index contributed by atoms with van der Waals surface area (Å²) in [5.74, 6) is 0.161. The van der Waals surface area contributed by atoms with E-state index in [1.165, 1.54) is 12.1 Å². The summed E-state index contributed by atoms with van der Waals surface area (Å²) < 4.78 is 17.6. The number of halogens is 1. The van der Waals surface area contributed by atoms with Crippen LogP contribution in [0.3, 0.4) is 0 Å². The van der Waals surface area contributed by atoms with Crippen LogP contribution < -0.4 is 0 Å². The van der Waals surface area contributed by atoms with E-state index in [0.717, 1.165) is 0 Å². The van der Waals surface area contributed by atoms with Crippen LogP contribution in [0, 0.1) is 5.82 Å². The van der Waals surface area contributed by atoms with Crippen LogP contribution in [0.1, 0.15) is 12.7 Å². The lowest BCUT2D eigenvalue weighted by atomic mass is 10.2. The number of aromatic amines is 1. The lowest BCUT2D eigenvalue weighted by Gasteiger charge is -1.97. The van der Waals surface area contributed by atoms with Gasteiger partial charge >= 0.3 is 5.97 Å². The number of carbonyl (C=O) groups excluding carboxylic acids is 1. The van der Waals surface area contributed by atoms with E-state index < -0.39 is 0 Å². The van der Waals surface area contributed by atoms with E-state index in [-0.39, 0.29) is 18.2 Å². The third-order valence-electron chi connectivity index (χ3n) is 2.26. The van der Waals surface area contributed by atoms with Gasteiger partial charge in [0.25, 0.3) is 0 Å². The molecular weight excluding hydrogens is 237 g/mol. The average Bonchev–Trinajstić information content (AvgIpc) is 2.78. The summed E-state index contributed by atoms with van der Waals surface area (Å²) in [5.41, 5.74) is 0.707. The quantitative estimate of drug-likeness (QED) is 0.838. The number of ether oxygens (including phenoxy) is 1. The van der Waals surface area contributed by atoms with Crippen molar-refractivity contribution in [1.29, 1.82) is 0 Å². The van der Waals surface area contributed by atoms with Gasteiger partial charge in [0.15, 0.2) is 11.6 Å². The zero-order valence-corrected chi connectivity index (χ0v) is 9.81. The van der Waals surface area contributed by atoms with Gasteiger partial charge in [-0.1, -0.05) is 0 Å². The zero-order chi connectivity index (χ0) is 13.0. The second kappa shape index (κ2) is 5.39. The monoisotopic (exact) mass is 249 g/mol. The Bertz CT molecular complexity index is 537. The van der Waals surface area contributed by atoms with E-state index in [2.05, 4.69) is 15.2 Å². The van der Waals surface area contributed by atoms with Gasteiger partial charge in [0.05, 0.1) is 6.61 Å². The number of hydrogen-bond acceptors (Lipinski definition) is 4. The fourth-order valence-electron chi connectivity index (χ4n) is 1.45. The highest BCUT2D eigenvalue weighted by Gasteiger charge is 2.10. The van der Waals surface area contributed by atoms with Gasteiger partial charge in [-0.3, -0.25) is 9.89 Å². The van der Waals surface area contributed by atoms with Crippen LogP contribution in [0.2, 0.25) is 0 Å². The van der Waals surface area contributed by atoms with Crippen molar-refractivity contribution < 1.29 is 13.9 Å². The molecule has 94 valence electrons. The highest BCUT2D eigenvalue weighted by molar-refractivity contribution is 5.71. The second-order valence-corrected chi connectivity index (χ2v) is 3.59. The molecule has 0 saturated carbocycles. The fraction of sp³-hybridized carbons (Fsp3) is 0.250. The first kappa shape index (κ1) is 12.2. The number of aromatic nitrogens is 3. The zero-order valence-electron chi connectivity index (χ0n) is 9.81. The molecule has 0 radical (unpaired) electrons. The molecule has 0 bridgehead atoms. The number of hydrogen-bond donors (Lipinski definition) is 1. The standard InChI is InChI=1S/C12H12FN3O2/c1-2-18-11(17)7-10-14-12(16-15-10)8-3-5-9(13)6-4-8/h3-6H,2,7H2,1H3,(H,14,15,16). The molecule has 0 aliphatic carbocycles. The molecule has 0 fully saturated rings. The van der Waals surface area contributed by atoms with Crippen LogP contribution in [-0.4, -0.2) is 27.8 Å². The van der Waals surface area contributed by atoms with Crippen molar-refractivity contribution in [2.45, 2.75) is 13.3 Å². The average molecular weight is 249 g/mol. The van der Waals surface area contributed by atoms with Crippen molar-refractivity contribution in [1.82, 2.24) is 15.2 Å². The third-order valence-corrected chi connectivity index (χ3v) is 2.26. The minimum Gasteiger partial charge on any atom is -0.466 e. The highest BCUT2D eigenvalue weighted by atomic mass is 19.1. The molecule has 0 atom stereocenters. The topological polar surface area (TPSA) is 67.9 Å². The van der Waals surface area contributed by atoms with Gasteiger partial charge in [-0.05, 0) is 31.2 Å². The maximum Gasteiger partial charge on any atom is 0.313 e. The molecule has 2 rings (SSSR count). The SMILES string of the molecule is CCOC(=O)Cc1n[nH]c(-c2ccc(F)cc2)n1. The molecule has 1 aromatic heterocycles. The normalized spacial score (nSPS) is 10.3. The van der Waals surface area contributed by atoms with Crippen molar-refractivity contribution in [2.75, 3.05) is 6.61 Å². The van der Waals surface area contributed by atoms with Crippen molar-refractivity contribution >= 4 is 5.97 Å². The summed E-state index contributed by atoms with van der Waals surface area (Å²) in [5, 5.41) is 6.60. The minimum atomic E-state index is -0.373. The summed E-state index contributed by atoms with van der Waals surface area (Å²) in [6.07, 6.45) is 0.0194. The van der Waals surface area contributed by atoms with E-state index in [9.17, 15) is 9.18 Å². The summed E-state index contributed by atoms with van der Waals surface area (Å²) in [4.78, 5) is 15.4. The van der Waals surface area contributed by atoms with Gasteiger partial charge in [-0.25, -0.2) is 9.37 Å². The number of esters is 1. The van der Waals surface area contributed by atoms with E-state index in [4.69, 9.17) is 4.74 Å². The van der Waals surface area contributed by atoms with E-state index >= 15 is 0 Å². The summed E-state index contributed by atoms with van der Waals surface area (Å²) in [6, 6.07) is 5.85. The number of nitrogens with zero attached hydrogens (tertiary/aromatic N) is 2.